The summed E-state index contributed by atoms with van der Waals surface area (Å²) in [7, 11) is 0. The second-order valence-electron chi connectivity index (χ2n) is 5.97. The molecule has 0 aromatic heterocycles. The summed E-state index contributed by atoms with van der Waals surface area (Å²) < 4.78 is 0. The van der Waals surface area contributed by atoms with E-state index in [1.54, 1.807) is 0 Å². The van der Waals surface area contributed by atoms with Crippen molar-refractivity contribution in [1.82, 2.24) is 0 Å². The number of hydrogen-bond donors (Lipinski definition) is 2. The van der Waals surface area contributed by atoms with Gasteiger partial charge in [0.2, 0.25) is 0 Å². The van der Waals surface area contributed by atoms with Crippen LogP contribution in [0.4, 0.5) is 0 Å². The fraction of sp³-hybridized carbons (Fsp3) is 0.882. The van der Waals surface area contributed by atoms with E-state index in [1.165, 1.54) is 12.8 Å². The average Bonchev–Trinajstić information content (AvgIpc) is 2.39. The zero-order valence-electron chi connectivity index (χ0n) is 14.9. The maximum absolute atomic E-state index is 10.4. The molecule has 128 valence electrons. The van der Waals surface area contributed by atoms with E-state index in [-0.39, 0.29) is 25.4 Å². The van der Waals surface area contributed by atoms with Gasteiger partial charge in [0.1, 0.15) is 0 Å². The second-order valence-corrected chi connectivity index (χ2v) is 5.97. The molecule has 0 heterocycles. The minimum absolute atomic E-state index is 0. The summed E-state index contributed by atoms with van der Waals surface area (Å²) in [6, 6.07) is 0. The first-order chi connectivity index (χ1) is 9.84. The molecule has 0 aromatic rings. The molecule has 22 heavy (non-hydrogen) atoms. The molecule has 0 aromatic carbocycles. The monoisotopic (exact) mass is 366 g/mol. The molecule has 0 aliphatic carbocycles. The third-order valence-electron chi connectivity index (χ3n) is 3.42. The van der Waals surface area contributed by atoms with Crippen molar-refractivity contribution in [3.8, 4) is 0 Å². The van der Waals surface area contributed by atoms with Gasteiger partial charge in [0.25, 0.3) is 0 Å². The summed E-state index contributed by atoms with van der Waals surface area (Å²) in [6.45, 7) is 8.39. The first kappa shape index (κ1) is 26.5. The normalized spacial score (nSPS) is 11.1. The van der Waals surface area contributed by atoms with Crippen LogP contribution < -0.4 is 0 Å². The molecule has 2 N–H and O–H groups in total. The Hall–Kier alpha value is -0.437. The van der Waals surface area contributed by atoms with Gasteiger partial charge in [0, 0.05) is 25.9 Å². The van der Waals surface area contributed by atoms with Gasteiger partial charge in [-0.05, 0) is 25.2 Å². The van der Waals surface area contributed by atoms with E-state index in [0.29, 0.717) is 6.42 Å². The van der Waals surface area contributed by atoms with Gasteiger partial charge in [-0.2, -0.15) is 0 Å². The molecule has 0 rings (SSSR count). The van der Waals surface area contributed by atoms with Crippen molar-refractivity contribution in [2.45, 2.75) is 85.5 Å². The summed E-state index contributed by atoms with van der Waals surface area (Å²) in [5.41, 5.74) is 0. The molecule has 0 spiro atoms. The quantitative estimate of drug-likeness (QED) is 0.399. The third kappa shape index (κ3) is 21.9. The van der Waals surface area contributed by atoms with Gasteiger partial charge in [-0.15, -0.1) is 0 Å². The zero-order valence-corrected chi connectivity index (χ0v) is 17.9. The number of rotatable bonds is 11. The van der Waals surface area contributed by atoms with E-state index in [4.69, 9.17) is 10.2 Å². The predicted octanol–water partition coefficient (Wildman–Crippen LogP) is 4.96. The minimum atomic E-state index is -0.672. The standard InChI is InChI=1S/C9H18O2.C8H16O2.Zn/c1-8(2)6-4-3-5-7-9(10)11;1-3-5-6-7(4-2)8(9)10;/h8H,3-7H2,1-2H3,(H,10,11);7H,3-6H2,1-2H3,(H,9,10);. The van der Waals surface area contributed by atoms with E-state index in [0.717, 1.165) is 44.4 Å². The van der Waals surface area contributed by atoms with Crippen molar-refractivity contribution in [3.63, 3.8) is 0 Å². The molecule has 1 atom stereocenters. The molecule has 1 unspecified atom stereocenters. The molecule has 5 heteroatoms. The van der Waals surface area contributed by atoms with E-state index in [9.17, 15) is 9.59 Å². The van der Waals surface area contributed by atoms with Crippen molar-refractivity contribution in [2.75, 3.05) is 0 Å². The first-order valence-electron chi connectivity index (χ1n) is 8.29. The van der Waals surface area contributed by atoms with Gasteiger partial charge in [-0.3, -0.25) is 9.59 Å². The molecule has 0 aliphatic heterocycles. The Kier molecular flexibility index (Phi) is 22.4. The Labute approximate surface area is 148 Å². The van der Waals surface area contributed by atoms with Gasteiger partial charge >= 0.3 is 11.9 Å². The molecule has 0 amide bonds. The number of carbonyl (C=O) groups is 2. The number of carboxylic acid groups (broad SMARTS) is 2. The van der Waals surface area contributed by atoms with Crippen molar-refractivity contribution in [3.05, 3.63) is 0 Å². The SMILES string of the molecule is CC(C)CCCCCC(=O)O.CCCCC(CC)C(=O)O.[Zn]. The van der Waals surface area contributed by atoms with Crippen LogP contribution in [0.25, 0.3) is 0 Å². The minimum Gasteiger partial charge on any atom is -0.481 e. The Balaban J connectivity index is -0.000000315. The van der Waals surface area contributed by atoms with Crippen LogP contribution in [0.2, 0.25) is 0 Å². The molecule has 4 nitrogen and oxygen atoms in total. The van der Waals surface area contributed by atoms with Gasteiger partial charge in [0.15, 0.2) is 0 Å². The van der Waals surface area contributed by atoms with Crippen LogP contribution in [0.15, 0.2) is 0 Å². The van der Waals surface area contributed by atoms with Crippen LogP contribution in [-0.4, -0.2) is 22.2 Å². The maximum Gasteiger partial charge on any atom is 0.306 e. The largest absolute Gasteiger partial charge is 0.481 e. The summed E-state index contributed by atoms with van der Waals surface area (Å²) in [6.07, 6.45) is 8.33. The Morgan fingerprint density at radius 2 is 1.50 bits per heavy atom. The van der Waals surface area contributed by atoms with Gasteiger partial charge in [0.05, 0.1) is 5.92 Å². The fourth-order valence-corrected chi connectivity index (χ4v) is 1.96. The summed E-state index contributed by atoms with van der Waals surface area (Å²) in [5.74, 6) is -0.676. The van der Waals surface area contributed by atoms with Crippen LogP contribution in [-0.2, 0) is 29.1 Å². The van der Waals surface area contributed by atoms with Crippen LogP contribution in [0, 0.1) is 11.8 Å². The smallest absolute Gasteiger partial charge is 0.306 e. The molecule has 0 bridgehead atoms. The number of aliphatic carboxylic acids is 2. The molecular formula is C17H34O4Zn. The molecule has 0 aliphatic rings. The molecule has 0 fully saturated rings. The summed E-state index contributed by atoms with van der Waals surface area (Å²) in [5, 5.41) is 16.9. The molecule has 0 saturated carbocycles. The summed E-state index contributed by atoms with van der Waals surface area (Å²) in [4.78, 5) is 20.5. The van der Waals surface area contributed by atoms with Crippen molar-refractivity contribution >= 4 is 11.9 Å². The summed E-state index contributed by atoms with van der Waals surface area (Å²) >= 11 is 0. The van der Waals surface area contributed by atoms with E-state index in [2.05, 4.69) is 20.8 Å². The van der Waals surface area contributed by atoms with E-state index >= 15 is 0 Å². The van der Waals surface area contributed by atoms with Crippen molar-refractivity contribution in [2.24, 2.45) is 11.8 Å². The first-order valence-corrected chi connectivity index (χ1v) is 8.29. The molecule has 0 saturated heterocycles. The molecular weight excluding hydrogens is 334 g/mol. The number of unbranched alkanes of at least 4 members (excludes halogenated alkanes) is 3. The van der Waals surface area contributed by atoms with Gasteiger partial charge in [-0.1, -0.05) is 59.8 Å². The maximum atomic E-state index is 10.4. The van der Waals surface area contributed by atoms with Gasteiger partial charge in [-0.25, -0.2) is 0 Å². The zero-order chi connectivity index (χ0) is 16.7. The Morgan fingerprint density at radius 1 is 0.909 bits per heavy atom. The van der Waals surface area contributed by atoms with Gasteiger partial charge < -0.3 is 10.2 Å². The number of hydrogen-bond acceptors (Lipinski definition) is 2. The molecule has 0 radical (unpaired) electrons. The third-order valence-corrected chi connectivity index (χ3v) is 3.42. The average molecular weight is 368 g/mol. The van der Waals surface area contributed by atoms with Crippen molar-refractivity contribution < 1.29 is 39.3 Å². The van der Waals surface area contributed by atoms with Crippen LogP contribution in [0.5, 0.6) is 0 Å². The second kappa shape index (κ2) is 18.6. The topological polar surface area (TPSA) is 74.6 Å². The Morgan fingerprint density at radius 3 is 1.86 bits per heavy atom. The Bertz CT molecular complexity index is 267. The van der Waals surface area contributed by atoms with Crippen molar-refractivity contribution in [1.29, 1.82) is 0 Å². The fourth-order valence-electron chi connectivity index (χ4n) is 1.96. The van der Waals surface area contributed by atoms with Crippen LogP contribution in [0.1, 0.15) is 85.5 Å². The van der Waals surface area contributed by atoms with Crippen LogP contribution in [0.3, 0.4) is 0 Å². The van der Waals surface area contributed by atoms with E-state index < -0.39 is 11.9 Å². The predicted molar refractivity (Wildman–Crippen MR) is 86.5 cm³/mol. The van der Waals surface area contributed by atoms with Crippen LogP contribution >= 0.6 is 0 Å². The number of carboxylic acids is 2. The van der Waals surface area contributed by atoms with E-state index in [1.807, 2.05) is 6.92 Å².